The summed E-state index contributed by atoms with van der Waals surface area (Å²) >= 11 is 0. The maximum atomic E-state index is 12.1. The summed E-state index contributed by atoms with van der Waals surface area (Å²) < 4.78 is 1.55. The van der Waals surface area contributed by atoms with Crippen molar-refractivity contribution in [3.63, 3.8) is 0 Å². The van der Waals surface area contributed by atoms with Gasteiger partial charge in [-0.05, 0) is 36.6 Å². The van der Waals surface area contributed by atoms with Gasteiger partial charge in [-0.2, -0.15) is 5.10 Å². The van der Waals surface area contributed by atoms with E-state index < -0.39 is 6.04 Å². The third-order valence-corrected chi connectivity index (χ3v) is 3.25. The van der Waals surface area contributed by atoms with Crippen LogP contribution >= 0.6 is 0 Å². The highest BCUT2D eigenvalue weighted by Crippen LogP contribution is 2.18. The summed E-state index contributed by atoms with van der Waals surface area (Å²) in [6, 6.07) is 9.14. The van der Waals surface area contributed by atoms with E-state index in [0.717, 1.165) is 5.69 Å². The summed E-state index contributed by atoms with van der Waals surface area (Å²) in [6.07, 6.45) is 1.70. The van der Waals surface area contributed by atoms with E-state index in [9.17, 15) is 4.79 Å². The van der Waals surface area contributed by atoms with Crippen LogP contribution in [-0.4, -0.2) is 15.7 Å². The number of nitrogen functional groups attached to an aromatic ring is 1. The molecule has 0 aliphatic carbocycles. The molecule has 1 aromatic carbocycles. The molecule has 106 valence electrons. The summed E-state index contributed by atoms with van der Waals surface area (Å²) in [5.41, 5.74) is 7.58. The molecule has 5 heteroatoms. The number of anilines is 2. The smallest absolute Gasteiger partial charge is 0.248 e. The molecule has 20 heavy (non-hydrogen) atoms. The number of nitrogens with two attached hydrogens (primary N) is 1. The van der Waals surface area contributed by atoms with Gasteiger partial charge in [0.2, 0.25) is 5.91 Å². The molecular formula is C15H20N4O. The minimum atomic E-state index is -0.405. The molecule has 0 bridgehead atoms. The van der Waals surface area contributed by atoms with Crippen LogP contribution in [0.5, 0.6) is 0 Å². The highest BCUT2D eigenvalue weighted by Gasteiger charge is 2.15. The normalized spacial score (nSPS) is 12.4. The molecule has 5 nitrogen and oxygen atoms in total. The Morgan fingerprint density at radius 2 is 1.85 bits per heavy atom. The molecule has 3 N–H and O–H groups in total. The van der Waals surface area contributed by atoms with Gasteiger partial charge < -0.3 is 11.1 Å². The zero-order chi connectivity index (χ0) is 14.7. The zero-order valence-electron chi connectivity index (χ0n) is 12.0. The summed E-state index contributed by atoms with van der Waals surface area (Å²) in [7, 11) is 0. The average Bonchev–Trinajstić information content (AvgIpc) is 2.85. The van der Waals surface area contributed by atoms with E-state index in [1.165, 1.54) is 5.56 Å². The third-order valence-electron chi connectivity index (χ3n) is 3.25. The zero-order valence-corrected chi connectivity index (χ0v) is 12.0. The Balaban J connectivity index is 2.04. The van der Waals surface area contributed by atoms with Crippen LogP contribution < -0.4 is 11.1 Å². The van der Waals surface area contributed by atoms with E-state index in [1.54, 1.807) is 23.9 Å². The van der Waals surface area contributed by atoms with Crippen LogP contribution in [0.2, 0.25) is 0 Å². The van der Waals surface area contributed by atoms with Crippen LogP contribution in [0, 0.1) is 0 Å². The SMILES string of the molecule is CC(C)c1ccc(NC(=O)C(C)n2ccc(N)n2)cc1. The fourth-order valence-corrected chi connectivity index (χ4v) is 1.89. The number of carbonyl (C=O) groups excluding carboxylic acids is 1. The molecule has 2 aromatic rings. The van der Waals surface area contributed by atoms with Crippen LogP contribution in [-0.2, 0) is 4.79 Å². The molecule has 0 spiro atoms. The van der Waals surface area contributed by atoms with E-state index in [1.807, 2.05) is 24.3 Å². The lowest BCUT2D eigenvalue weighted by Crippen LogP contribution is -2.24. The minimum absolute atomic E-state index is 0.120. The Morgan fingerprint density at radius 3 is 2.35 bits per heavy atom. The lowest BCUT2D eigenvalue weighted by molar-refractivity contribution is -0.119. The molecule has 1 amide bonds. The van der Waals surface area contributed by atoms with Gasteiger partial charge in [-0.1, -0.05) is 26.0 Å². The molecule has 1 unspecified atom stereocenters. The highest BCUT2D eigenvalue weighted by molar-refractivity contribution is 5.93. The Kier molecular flexibility index (Phi) is 4.08. The molecule has 0 aliphatic heterocycles. The number of amides is 1. The van der Waals surface area contributed by atoms with E-state index in [-0.39, 0.29) is 5.91 Å². The first-order valence-corrected chi connectivity index (χ1v) is 6.69. The van der Waals surface area contributed by atoms with Gasteiger partial charge in [0, 0.05) is 11.9 Å². The first-order valence-electron chi connectivity index (χ1n) is 6.69. The Morgan fingerprint density at radius 1 is 1.20 bits per heavy atom. The number of benzene rings is 1. The van der Waals surface area contributed by atoms with Crippen molar-refractivity contribution in [1.29, 1.82) is 0 Å². The van der Waals surface area contributed by atoms with Crippen LogP contribution in [0.3, 0.4) is 0 Å². The van der Waals surface area contributed by atoms with Crippen LogP contribution in [0.15, 0.2) is 36.5 Å². The van der Waals surface area contributed by atoms with Crippen LogP contribution in [0.4, 0.5) is 11.5 Å². The van der Waals surface area contributed by atoms with Crippen molar-refractivity contribution >= 4 is 17.4 Å². The molecule has 0 fully saturated rings. The van der Waals surface area contributed by atoms with Gasteiger partial charge in [-0.3, -0.25) is 9.48 Å². The van der Waals surface area contributed by atoms with Crippen molar-refractivity contribution in [3.8, 4) is 0 Å². The fourth-order valence-electron chi connectivity index (χ4n) is 1.89. The maximum absolute atomic E-state index is 12.1. The molecule has 2 rings (SSSR count). The van der Waals surface area contributed by atoms with Gasteiger partial charge in [0.1, 0.15) is 11.9 Å². The lowest BCUT2D eigenvalue weighted by atomic mass is 10.0. The van der Waals surface area contributed by atoms with E-state index in [2.05, 4.69) is 24.3 Å². The van der Waals surface area contributed by atoms with Crippen molar-refractivity contribution in [2.75, 3.05) is 11.1 Å². The second-order valence-corrected chi connectivity index (χ2v) is 5.16. The van der Waals surface area contributed by atoms with E-state index in [0.29, 0.717) is 11.7 Å². The molecule has 1 atom stereocenters. The number of nitrogens with one attached hydrogen (secondary N) is 1. The van der Waals surface area contributed by atoms with Gasteiger partial charge in [0.15, 0.2) is 0 Å². The molecular weight excluding hydrogens is 252 g/mol. The second kappa shape index (κ2) is 5.77. The average molecular weight is 272 g/mol. The van der Waals surface area contributed by atoms with Crippen molar-refractivity contribution in [3.05, 3.63) is 42.1 Å². The van der Waals surface area contributed by atoms with Crippen molar-refractivity contribution < 1.29 is 4.79 Å². The number of hydrogen-bond donors (Lipinski definition) is 2. The number of nitrogens with zero attached hydrogens (tertiary/aromatic N) is 2. The molecule has 0 saturated carbocycles. The van der Waals surface area contributed by atoms with Crippen molar-refractivity contribution in [1.82, 2.24) is 9.78 Å². The number of hydrogen-bond acceptors (Lipinski definition) is 3. The third kappa shape index (κ3) is 3.17. The van der Waals surface area contributed by atoms with E-state index in [4.69, 9.17) is 5.73 Å². The first kappa shape index (κ1) is 14.1. The lowest BCUT2D eigenvalue weighted by Gasteiger charge is -2.13. The quantitative estimate of drug-likeness (QED) is 0.898. The number of carbonyl (C=O) groups is 1. The molecule has 0 saturated heterocycles. The van der Waals surface area contributed by atoms with Gasteiger partial charge in [0.05, 0.1) is 0 Å². The van der Waals surface area contributed by atoms with Gasteiger partial charge >= 0.3 is 0 Å². The Hall–Kier alpha value is -2.30. The maximum Gasteiger partial charge on any atom is 0.248 e. The monoisotopic (exact) mass is 272 g/mol. The number of aromatic nitrogens is 2. The largest absolute Gasteiger partial charge is 0.382 e. The summed E-state index contributed by atoms with van der Waals surface area (Å²) in [5.74, 6) is 0.766. The number of rotatable bonds is 4. The van der Waals surface area contributed by atoms with Crippen molar-refractivity contribution in [2.24, 2.45) is 0 Å². The minimum Gasteiger partial charge on any atom is -0.382 e. The predicted octanol–water partition coefficient (Wildman–Crippen LogP) is 2.79. The van der Waals surface area contributed by atoms with E-state index >= 15 is 0 Å². The van der Waals surface area contributed by atoms with Gasteiger partial charge in [-0.15, -0.1) is 0 Å². The summed E-state index contributed by atoms with van der Waals surface area (Å²) in [4.78, 5) is 12.1. The first-order chi connectivity index (χ1) is 9.47. The molecule has 1 heterocycles. The van der Waals surface area contributed by atoms with Crippen molar-refractivity contribution in [2.45, 2.75) is 32.7 Å². The second-order valence-electron chi connectivity index (χ2n) is 5.16. The fraction of sp³-hybridized carbons (Fsp3) is 0.333. The van der Waals surface area contributed by atoms with Gasteiger partial charge in [0.25, 0.3) is 0 Å². The van der Waals surface area contributed by atoms with Gasteiger partial charge in [-0.25, -0.2) is 0 Å². The summed E-state index contributed by atoms with van der Waals surface area (Å²) in [5, 5.41) is 6.92. The Labute approximate surface area is 118 Å². The van der Waals surface area contributed by atoms with Crippen LogP contribution in [0.25, 0.3) is 0 Å². The molecule has 1 aromatic heterocycles. The summed E-state index contributed by atoms with van der Waals surface area (Å²) in [6.45, 7) is 6.06. The van der Waals surface area contributed by atoms with Crippen LogP contribution in [0.1, 0.15) is 38.3 Å². The standard InChI is InChI=1S/C15H20N4O/c1-10(2)12-4-6-13(7-5-12)17-15(20)11(3)19-9-8-14(16)18-19/h4-11H,1-3H3,(H2,16,18)(H,17,20). The predicted molar refractivity (Wildman–Crippen MR) is 80.5 cm³/mol. The molecule has 0 aliphatic rings. The topological polar surface area (TPSA) is 72.9 Å². The Bertz CT molecular complexity index is 586. The molecule has 0 radical (unpaired) electrons. The highest BCUT2D eigenvalue weighted by atomic mass is 16.2.